The highest BCUT2D eigenvalue weighted by atomic mass is 16.3. The number of furan rings is 1. The molecule has 13 heavy (non-hydrogen) atoms. The first-order valence-electron chi connectivity index (χ1n) is 4.55. The zero-order valence-electron chi connectivity index (χ0n) is 8.72. The first kappa shape index (κ1) is 10.1. The van der Waals surface area contributed by atoms with Crippen molar-refractivity contribution >= 4 is 6.08 Å². The Hall–Kier alpha value is -1.02. The lowest BCUT2D eigenvalue weighted by molar-refractivity contribution is 0.524. The molecule has 1 unspecified atom stereocenters. The third kappa shape index (κ3) is 2.74. The van der Waals surface area contributed by atoms with Crippen molar-refractivity contribution in [2.75, 3.05) is 7.05 Å². The van der Waals surface area contributed by atoms with Crippen LogP contribution in [0.4, 0.5) is 0 Å². The topological polar surface area (TPSA) is 25.2 Å². The number of likely N-dealkylation sites (N-methyl/N-ethyl adjacent to an activating group) is 1. The van der Waals surface area contributed by atoms with Crippen molar-refractivity contribution in [3.05, 3.63) is 29.2 Å². The molecular weight excluding hydrogens is 162 g/mol. The van der Waals surface area contributed by atoms with Gasteiger partial charge in [-0.3, -0.25) is 0 Å². The van der Waals surface area contributed by atoms with E-state index < -0.39 is 0 Å². The number of nitrogens with one attached hydrogen (secondary N) is 1. The van der Waals surface area contributed by atoms with Crippen LogP contribution in [0.2, 0.25) is 0 Å². The minimum Gasteiger partial charge on any atom is -0.462 e. The first-order valence-corrected chi connectivity index (χ1v) is 4.55. The fourth-order valence-corrected chi connectivity index (χ4v) is 1.11. The lowest BCUT2D eigenvalue weighted by Gasteiger charge is -2.09. The van der Waals surface area contributed by atoms with E-state index in [-0.39, 0.29) is 0 Å². The normalized spacial score (nSPS) is 14.6. The number of hydrogen-bond donors (Lipinski definition) is 1. The number of aryl methyl sites for hydroxylation is 1. The lowest BCUT2D eigenvalue weighted by atomic mass is 10.1. The van der Waals surface area contributed by atoms with Crippen LogP contribution in [-0.2, 0) is 0 Å². The molecule has 0 fully saturated rings. The first-order chi connectivity index (χ1) is 6.13. The summed E-state index contributed by atoms with van der Waals surface area (Å²) in [4.78, 5) is 0. The van der Waals surface area contributed by atoms with Crippen molar-refractivity contribution in [1.82, 2.24) is 5.32 Å². The van der Waals surface area contributed by atoms with E-state index in [2.05, 4.69) is 25.2 Å². The van der Waals surface area contributed by atoms with E-state index in [0.29, 0.717) is 6.04 Å². The molecule has 0 saturated carbocycles. The van der Waals surface area contributed by atoms with Crippen LogP contribution in [0.15, 0.2) is 22.1 Å². The van der Waals surface area contributed by atoms with Gasteiger partial charge in [0.05, 0.1) is 0 Å². The summed E-state index contributed by atoms with van der Waals surface area (Å²) in [7, 11) is 1.95. The second kappa shape index (κ2) is 4.28. The number of rotatable bonds is 3. The molecule has 72 valence electrons. The van der Waals surface area contributed by atoms with E-state index >= 15 is 0 Å². The van der Waals surface area contributed by atoms with Crippen molar-refractivity contribution in [2.24, 2.45) is 0 Å². The Balaban J connectivity index is 2.76. The smallest absolute Gasteiger partial charge is 0.127 e. The predicted octanol–water partition coefficient (Wildman–Crippen LogP) is 2.60. The summed E-state index contributed by atoms with van der Waals surface area (Å²) in [6, 6.07) is 4.36. The Morgan fingerprint density at radius 1 is 1.54 bits per heavy atom. The van der Waals surface area contributed by atoms with Gasteiger partial charge < -0.3 is 9.73 Å². The van der Waals surface area contributed by atoms with Crippen molar-refractivity contribution in [1.29, 1.82) is 0 Å². The molecule has 0 radical (unpaired) electrons. The maximum absolute atomic E-state index is 5.44. The Morgan fingerprint density at radius 2 is 2.23 bits per heavy atom. The zero-order chi connectivity index (χ0) is 9.84. The van der Waals surface area contributed by atoms with Crippen LogP contribution in [0.3, 0.4) is 0 Å². The molecule has 0 saturated heterocycles. The molecule has 2 heteroatoms. The largest absolute Gasteiger partial charge is 0.462 e. The summed E-state index contributed by atoms with van der Waals surface area (Å²) in [6.07, 6.45) is 2.06. The lowest BCUT2D eigenvalue weighted by Crippen LogP contribution is -2.21. The summed E-state index contributed by atoms with van der Waals surface area (Å²) >= 11 is 0. The minimum atomic E-state index is 0.394. The molecule has 1 rings (SSSR count). The average molecular weight is 179 g/mol. The SMILES string of the molecule is CNC(C)/C(C)=C/c1ccc(C)o1. The van der Waals surface area contributed by atoms with Crippen LogP contribution in [-0.4, -0.2) is 13.1 Å². The van der Waals surface area contributed by atoms with Crippen molar-refractivity contribution < 1.29 is 4.42 Å². The Labute approximate surface area is 79.6 Å². The van der Waals surface area contributed by atoms with Gasteiger partial charge >= 0.3 is 0 Å². The summed E-state index contributed by atoms with van der Waals surface area (Å²) in [5, 5.41) is 3.18. The van der Waals surface area contributed by atoms with E-state index in [4.69, 9.17) is 4.42 Å². The van der Waals surface area contributed by atoms with Crippen molar-refractivity contribution in [2.45, 2.75) is 26.8 Å². The van der Waals surface area contributed by atoms with Crippen LogP contribution >= 0.6 is 0 Å². The molecular formula is C11H17NO. The van der Waals surface area contributed by atoms with Gasteiger partial charge in [-0.1, -0.05) is 5.57 Å². The van der Waals surface area contributed by atoms with Gasteiger partial charge in [0, 0.05) is 6.04 Å². The van der Waals surface area contributed by atoms with Crippen LogP contribution in [0, 0.1) is 6.92 Å². The summed E-state index contributed by atoms with van der Waals surface area (Å²) < 4.78 is 5.44. The van der Waals surface area contributed by atoms with Crippen molar-refractivity contribution in [3.8, 4) is 0 Å². The second-order valence-corrected chi connectivity index (χ2v) is 3.35. The Morgan fingerprint density at radius 3 is 2.69 bits per heavy atom. The van der Waals surface area contributed by atoms with Gasteiger partial charge in [0.25, 0.3) is 0 Å². The van der Waals surface area contributed by atoms with E-state index in [1.807, 2.05) is 26.1 Å². The maximum atomic E-state index is 5.44. The highest BCUT2D eigenvalue weighted by Gasteiger charge is 2.01. The predicted molar refractivity (Wildman–Crippen MR) is 55.6 cm³/mol. The summed E-state index contributed by atoms with van der Waals surface area (Å²) in [6.45, 7) is 6.18. The van der Waals surface area contributed by atoms with Crippen LogP contribution in [0.5, 0.6) is 0 Å². The van der Waals surface area contributed by atoms with Gasteiger partial charge in [-0.05, 0) is 46.0 Å². The highest BCUT2D eigenvalue weighted by Crippen LogP contribution is 2.12. The molecule has 1 aromatic heterocycles. The molecule has 1 N–H and O–H groups in total. The Kier molecular flexibility index (Phi) is 3.32. The van der Waals surface area contributed by atoms with Gasteiger partial charge in [-0.25, -0.2) is 0 Å². The molecule has 2 nitrogen and oxygen atoms in total. The van der Waals surface area contributed by atoms with E-state index in [0.717, 1.165) is 11.5 Å². The zero-order valence-corrected chi connectivity index (χ0v) is 8.72. The molecule has 0 aliphatic rings. The molecule has 0 aromatic carbocycles. The maximum Gasteiger partial charge on any atom is 0.127 e. The molecule has 0 bridgehead atoms. The summed E-state index contributed by atoms with van der Waals surface area (Å²) in [5.41, 5.74) is 1.27. The third-order valence-corrected chi connectivity index (χ3v) is 2.25. The number of hydrogen-bond acceptors (Lipinski definition) is 2. The second-order valence-electron chi connectivity index (χ2n) is 3.35. The molecule has 0 aliphatic carbocycles. The van der Waals surface area contributed by atoms with Crippen LogP contribution in [0.25, 0.3) is 6.08 Å². The average Bonchev–Trinajstić information content (AvgIpc) is 2.49. The van der Waals surface area contributed by atoms with Crippen LogP contribution < -0.4 is 5.32 Å². The van der Waals surface area contributed by atoms with Crippen molar-refractivity contribution in [3.63, 3.8) is 0 Å². The van der Waals surface area contributed by atoms with E-state index in [9.17, 15) is 0 Å². The summed E-state index contributed by atoms with van der Waals surface area (Å²) in [5.74, 6) is 1.88. The standard InChI is InChI=1S/C11H17NO/c1-8(10(3)12-4)7-11-6-5-9(2)13-11/h5-7,10,12H,1-4H3/b8-7+. The molecule has 1 aromatic rings. The molecule has 0 spiro atoms. The third-order valence-electron chi connectivity index (χ3n) is 2.25. The molecule has 0 aliphatic heterocycles. The van der Waals surface area contributed by atoms with Gasteiger partial charge in [0.2, 0.25) is 0 Å². The van der Waals surface area contributed by atoms with Gasteiger partial charge in [-0.2, -0.15) is 0 Å². The molecule has 0 amide bonds. The van der Waals surface area contributed by atoms with Gasteiger partial charge in [0.1, 0.15) is 11.5 Å². The fraction of sp³-hybridized carbons (Fsp3) is 0.455. The van der Waals surface area contributed by atoms with E-state index in [1.165, 1.54) is 5.57 Å². The highest BCUT2D eigenvalue weighted by molar-refractivity contribution is 5.48. The van der Waals surface area contributed by atoms with Gasteiger partial charge in [0.15, 0.2) is 0 Å². The van der Waals surface area contributed by atoms with Gasteiger partial charge in [-0.15, -0.1) is 0 Å². The van der Waals surface area contributed by atoms with Crippen LogP contribution in [0.1, 0.15) is 25.4 Å². The molecule has 1 atom stereocenters. The fourth-order valence-electron chi connectivity index (χ4n) is 1.11. The monoisotopic (exact) mass is 179 g/mol. The quantitative estimate of drug-likeness (QED) is 0.771. The molecule has 1 heterocycles. The van der Waals surface area contributed by atoms with E-state index in [1.54, 1.807) is 0 Å². The minimum absolute atomic E-state index is 0.394. The Bertz CT molecular complexity index is 299.